The van der Waals surface area contributed by atoms with Crippen LogP contribution in [0.5, 0.6) is 5.88 Å². The van der Waals surface area contributed by atoms with Gasteiger partial charge in [-0.2, -0.15) is 13.1 Å². The Labute approximate surface area is 223 Å². The molecule has 0 spiro atoms. The van der Waals surface area contributed by atoms with Crippen molar-refractivity contribution in [3.63, 3.8) is 0 Å². The molecule has 12 heteroatoms. The van der Waals surface area contributed by atoms with Crippen molar-refractivity contribution >= 4 is 54.1 Å². The van der Waals surface area contributed by atoms with E-state index < -0.39 is 10.2 Å². The van der Waals surface area contributed by atoms with Crippen LogP contribution in [0.25, 0.3) is 11.1 Å². The number of ether oxygens (including phenoxy) is 2. The number of aromatic nitrogens is 2. The molecule has 35 heavy (non-hydrogen) atoms. The van der Waals surface area contributed by atoms with Gasteiger partial charge in [-0.15, -0.1) is 0 Å². The van der Waals surface area contributed by atoms with E-state index in [0.717, 1.165) is 14.5 Å². The summed E-state index contributed by atoms with van der Waals surface area (Å²) in [5.74, 6) is 0.810. The molecule has 0 atom stereocenters. The lowest BCUT2D eigenvalue weighted by Gasteiger charge is -2.16. The smallest absolute Gasteiger partial charge is 0.300 e. The first-order valence-electron chi connectivity index (χ1n) is 10.8. The molecule has 0 aliphatic carbocycles. The summed E-state index contributed by atoms with van der Waals surface area (Å²) in [6, 6.07) is 7.31. The minimum Gasteiger partial charge on any atom is -0.474 e. The third-order valence-corrected chi connectivity index (χ3v) is 6.53. The maximum atomic E-state index is 12.5. The van der Waals surface area contributed by atoms with Crippen LogP contribution < -0.4 is 14.2 Å². The summed E-state index contributed by atoms with van der Waals surface area (Å²) in [7, 11) is -3.82. The fourth-order valence-corrected chi connectivity index (χ4v) is 3.94. The van der Waals surface area contributed by atoms with Gasteiger partial charge in [0.1, 0.15) is 19.5 Å². The zero-order chi connectivity index (χ0) is 25.8. The maximum absolute atomic E-state index is 12.5. The summed E-state index contributed by atoms with van der Waals surface area (Å²) < 4.78 is 43.3. The molecular formula is C23H29Br2N5O4S. The first-order valence-corrected chi connectivity index (χ1v) is 13.9. The SMILES string of the molecule is C/C=C(Br)\C=N/C(OCCOc1ncnc(NS(=O)(=O)NCCC)c1-c1ccc(Br)cc1)=C(C)C. The van der Waals surface area contributed by atoms with Gasteiger partial charge in [0.15, 0.2) is 5.82 Å². The summed E-state index contributed by atoms with van der Waals surface area (Å²) in [4.78, 5) is 12.7. The van der Waals surface area contributed by atoms with Gasteiger partial charge in [-0.3, -0.25) is 4.72 Å². The van der Waals surface area contributed by atoms with Gasteiger partial charge in [0.2, 0.25) is 11.8 Å². The van der Waals surface area contributed by atoms with Gasteiger partial charge >= 0.3 is 0 Å². The second kappa shape index (κ2) is 14.3. The average molecular weight is 631 g/mol. The van der Waals surface area contributed by atoms with Crippen LogP contribution in [0.15, 0.2) is 62.1 Å². The largest absolute Gasteiger partial charge is 0.474 e. The van der Waals surface area contributed by atoms with E-state index in [0.29, 0.717) is 30.0 Å². The molecule has 0 unspecified atom stereocenters. The molecule has 0 aliphatic heterocycles. The zero-order valence-corrected chi connectivity index (χ0v) is 24.0. The first kappa shape index (κ1) is 29.0. The molecular weight excluding hydrogens is 602 g/mol. The lowest BCUT2D eigenvalue weighted by Crippen LogP contribution is -2.31. The average Bonchev–Trinajstić information content (AvgIpc) is 2.82. The second-order valence-corrected chi connectivity index (χ2v) is 10.7. The van der Waals surface area contributed by atoms with Gasteiger partial charge < -0.3 is 9.47 Å². The van der Waals surface area contributed by atoms with Gasteiger partial charge in [-0.05, 0) is 66.4 Å². The Hall–Kier alpha value is -2.28. The van der Waals surface area contributed by atoms with Gasteiger partial charge in [0.05, 0.1) is 5.56 Å². The van der Waals surface area contributed by atoms with Gasteiger partial charge in [-0.1, -0.05) is 41.1 Å². The summed E-state index contributed by atoms with van der Waals surface area (Å²) >= 11 is 6.79. The number of allylic oxidation sites excluding steroid dienone is 3. The van der Waals surface area contributed by atoms with E-state index in [1.54, 1.807) is 6.21 Å². The Morgan fingerprint density at radius 3 is 2.51 bits per heavy atom. The Kier molecular flexibility index (Phi) is 11.8. The van der Waals surface area contributed by atoms with Crippen LogP contribution in [-0.4, -0.2) is 44.4 Å². The van der Waals surface area contributed by atoms with Gasteiger partial charge in [0.25, 0.3) is 10.2 Å². The zero-order valence-electron chi connectivity index (χ0n) is 20.0. The molecule has 2 rings (SSSR count). The van der Waals surface area contributed by atoms with E-state index in [1.807, 2.05) is 58.0 Å². The number of nitrogens with one attached hydrogen (secondary N) is 2. The molecule has 0 saturated heterocycles. The molecule has 0 amide bonds. The van der Waals surface area contributed by atoms with E-state index in [4.69, 9.17) is 9.47 Å². The van der Waals surface area contributed by atoms with Crippen molar-refractivity contribution in [3.8, 4) is 17.0 Å². The van der Waals surface area contributed by atoms with E-state index in [1.165, 1.54) is 6.33 Å². The number of aliphatic imine (C=N–C) groups is 1. The lowest BCUT2D eigenvalue weighted by molar-refractivity contribution is 0.150. The van der Waals surface area contributed by atoms with Crippen molar-refractivity contribution in [2.75, 3.05) is 24.5 Å². The predicted molar refractivity (Wildman–Crippen MR) is 147 cm³/mol. The topological polar surface area (TPSA) is 115 Å². The summed E-state index contributed by atoms with van der Waals surface area (Å²) in [5, 5.41) is 0. The number of hydrogen-bond acceptors (Lipinski definition) is 7. The number of benzene rings is 1. The highest BCUT2D eigenvalue weighted by Crippen LogP contribution is 2.35. The molecule has 0 aliphatic rings. The Balaban J connectivity index is 2.26. The first-order chi connectivity index (χ1) is 16.7. The van der Waals surface area contributed by atoms with E-state index in [-0.39, 0.29) is 24.9 Å². The standard InChI is InChI=1S/C23H29Br2N5O4S/c1-5-11-29-35(31,32)30-21-20(17-7-9-19(25)10-8-17)23(28-15-27-21)34-13-12-33-22(16(3)4)26-14-18(24)6-2/h6-10,14-15,29H,5,11-13H2,1-4H3,(H,27,28,30)/b18-6+,26-14-. The second-order valence-electron chi connectivity index (χ2n) is 7.34. The highest BCUT2D eigenvalue weighted by molar-refractivity contribution is 9.12. The van der Waals surface area contributed by atoms with E-state index in [2.05, 4.69) is 56.3 Å². The van der Waals surface area contributed by atoms with Crippen molar-refractivity contribution in [1.82, 2.24) is 14.7 Å². The highest BCUT2D eigenvalue weighted by Gasteiger charge is 2.19. The number of nitrogens with zero attached hydrogens (tertiary/aromatic N) is 3. The number of hydrogen-bond donors (Lipinski definition) is 2. The van der Waals surface area contributed by atoms with Gasteiger partial charge in [0, 0.05) is 21.7 Å². The van der Waals surface area contributed by atoms with Crippen LogP contribution in [0, 0.1) is 0 Å². The third-order valence-electron chi connectivity index (χ3n) is 4.29. The van der Waals surface area contributed by atoms with E-state index >= 15 is 0 Å². The fraction of sp³-hybridized carbons (Fsp3) is 0.348. The normalized spacial score (nSPS) is 12.0. The molecule has 190 valence electrons. The Bertz CT molecular complexity index is 1180. The van der Waals surface area contributed by atoms with Crippen LogP contribution in [0.3, 0.4) is 0 Å². The Morgan fingerprint density at radius 2 is 1.89 bits per heavy atom. The molecule has 9 nitrogen and oxygen atoms in total. The molecule has 0 fully saturated rings. The third kappa shape index (κ3) is 9.71. The van der Waals surface area contributed by atoms with Crippen molar-refractivity contribution in [1.29, 1.82) is 0 Å². The summed E-state index contributed by atoms with van der Waals surface area (Å²) in [5.41, 5.74) is 2.01. The molecule has 0 radical (unpaired) electrons. The molecule has 0 saturated carbocycles. The van der Waals surface area contributed by atoms with Crippen LogP contribution in [0.4, 0.5) is 5.82 Å². The number of rotatable bonds is 13. The van der Waals surface area contributed by atoms with Crippen LogP contribution in [-0.2, 0) is 14.9 Å². The molecule has 1 heterocycles. The fourth-order valence-electron chi connectivity index (χ4n) is 2.61. The van der Waals surface area contributed by atoms with Crippen LogP contribution >= 0.6 is 31.9 Å². The molecule has 1 aromatic heterocycles. The minimum absolute atomic E-state index is 0.104. The summed E-state index contributed by atoms with van der Waals surface area (Å²) in [6.07, 6.45) is 5.43. The highest BCUT2D eigenvalue weighted by atomic mass is 79.9. The number of anilines is 1. The van der Waals surface area contributed by atoms with Crippen molar-refractivity contribution in [2.45, 2.75) is 34.1 Å². The molecule has 2 N–H and O–H groups in total. The molecule has 2 aromatic rings. The Morgan fingerprint density at radius 1 is 1.17 bits per heavy atom. The number of halogens is 2. The molecule has 1 aromatic carbocycles. The van der Waals surface area contributed by atoms with Crippen molar-refractivity contribution < 1.29 is 17.9 Å². The maximum Gasteiger partial charge on any atom is 0.300 e. The quantitative estimate of drug-likeness (QED) is 0.170. The van der Waals surface area contributed by atoms with Crippen LogP contribution in [0.2, 0.25) is 0 Å². The van der Waals surface area contributed by atoms with E-state index in [9.17, 15) is 8.42 Å². The lowest BCUT2D eigenvalue weighted by atomic mass is 10.1. The van der Waals surface area contributed by atoms with Crippen LogP contribution in [0.1, 0.15) is 34.1 Å². The predicted octanol–water partition coefficient (Wildman–Crippen LogP) is 5.58. The van der Waals surface area contributed by atoms with Crippen molar-refractivity contribution in [3.05, 3.63) is 57.1 Å². The summed E-state index contributed by atoms with van der Waals surface area (Å²) in [6.45, 7) is 8.22. The molecule has 0 bridgehead atoms. The monoisotopic (exact) mass is 629 g/mol. The minimum atomic E-state index is -3.82. The van der Waals surface area contributed by atoms with Crippen molar-refractivity contribution in [2.24, 2.45) is 4.99 Å². The van der Waals surface area contributed by atoms with Gasteiger partial charge in [-0.25, -0.2) is 15.0 Å².